The number of hydrogen-bond acceptors (Lipinski definition) is 3. The second-order valence-corrected chi connectivity index (χ2v) is 3.61. The van der Waals surface area contributed by atoms with E-state index in [2.05, 4.69) is 10.3 Å². The number of halogens is 2. The number of aromatic nitrogens is 1. The van der Waals surface area contributed by atoms with Crippen LogP contribution in [-0.2, 0) is 0 Å². The number of quaternary nitrogens is 1. The van der Waals surface area contributed by atoms with Crippen LogP contribution < -0.4 is 10.8 Å². The van der Waals surface area contributed by atoms with E-state index in [4.69, 9.17) is 0 Å². The molecule has 0 fully saturated rings. The maximum Gasteiger partial charge on any atom is 0.265 e. The molecule has 0 unspecified atom stereocenters. The zero-order chi connectivity index (χ0) is 13.0. The predicted octanol–water partition coefficient (Wildman–Crippen LogP) is 2.46. The molecule has 0 aliphatic heterocycles. The minimum atomic E-state index is -2.57. The van der Waals surface area contributed by atoms with Gasteiger partial charge in [-0.1, -0.05) is 18.2 Å². The number of nitrogens with two attached hydrogens (primary N) is 1. The van der Waals surface area contributed by atoms with Crippen molar-refractivity contribution in [3.05, 3.63) is 53.4 Å². The van der Waals surface area contributed by atoms with E-state index in [1.165, 1.54) is 30.5 Å². The number of rotatable bonds is 4. The summed E-state index contributed by atoms with van der Waals surface area (Å²) in [6.45, 7) is 0. The molecule has 0 bridgehead atoms. The van der Waals surface area contributed by atoms with Gasteiger partial charge in [0.15, 0.2) is 0 Å². The molecule has 0 amide bonds. The molecular formula is C12H11F2N3O. The lowest BCUT2D eigenvalue weighted by molar-refractivity contribution is -0.497. The first-order chi connectivity index (χ1) is 8.70. The zero-order valence-corrected chi connectivity index (χ0v) is 9.31. The Morgan fingerprint density at radius 2 is 2.00 bits per heavy atom. The number of nitrogens with zero attached hydrogens (tertiary/aromatic N) is 1. The van der Waals surface area contributed by atoms with Gasteiger partial charge < -0.3 is 16.0 Å². The van der Waals surface area contributed by atoms with Gasteiger partial charge in [0.05, 0.1) is 0 Å². The number of alkyl halides is 2. The molecule has 1 aromatic carbocycles. The van der Waals surface area contributed by atoms with Crippen LogP contribution in [0.4, 0.5) is 26.0 Å². The average Bonchev–Trinajstić information content (AvgIpc) is 2.39. The van der Waals surface area contributed by atoms with Gasteiger partial charge in [-0.3, -0.25) is 0 Å². The van der Waals surface area contributed by atoms with Crippen molar-refractivity contribution in [3.8, 4) is 0 Å². The lowest BCUT2D eigenvalue weighted by Crippen LogP contribution is -2.70. The summed E-state index contributed by atoms with van der Waals surface area (Å²) in [6.07, 6.45) is -1.13. The molecule has 0 atom stereocenters. The van der Waals surface area contributed by atoms with Crippen molar-refractivity contribution in [1.29, 1.82) is 0 Å². The highest BCUT2D eigenvalue weighted by atomic mass is 19.3. The van der Waals surface area contributed by atoms with Gasteiger partial charge in [-0.25, -0.2) is 13.8 Å². The Kier molecular flexibility index (Phi) is 3.81. The van der Waals surface area contributed by atoms with Gasteiger partial charge in [-0.2, -0.15) is 0 Å². The minimum absolute atomic E-state index is 0.101. The van der Waals surface area contributed by atoms with Gasteiger partial charge in [0.25, 0.3) is 6.43 Å². The number of nitrogens with one attached hydrogen (secondary N) is 1. The zero-order valence-electron chi connectivity index (χ0n) is 9.31. The normalized spacial score (nSPS) is 10.7. The fourth-order valence-electron chi connectivity index (χ4n) is 1.53. The first kappa shape index (κ1) is 12.4. The molecule has 0 aliphatic rings. The number of hydrogen-bond donors (Lipinski definition) is 2. The summed E-state index contributed by atoms with van der Waals surface area (Å²) in [6, 6.07) is 9.11. The van der Waals surface area contributed by atoms with Gasteiger partial charge in [-0.05, 0) is 6.07 Å². The topological polar surface area (TPSA) is 64.6 Å². The molecule has 1 aromatic heterocycles. The van der Waals surface area contributed by atoms with E-state index in [1.807, 2.05) is 0 Å². The highest BCUT2D eigenvalue weighted by molar-refractivity contribution is 5.62. The van der Waals surface area contributed by atoms with Crippen LogP contribution in [0.5, 0.6) is 0 Å². The van der Waals surface area contributed by atoms with Gasteiger partial charge >= 0.3 is 0 Å². The summed E-state index contributed by atoms with van der Waals surface area (Å²) in [7, 11) is 0. The van der Waals surface area contributed by atoms with E-state index < -0.39 is 6.43 Å². The third kappa shape index (κ3) is 2.79. The van der Waals surface area contributed by atoms with E-state index in [1.54, 1.807) is 12.1 Å². The molecule has 0 aliphatic carbocycles. The van der Waals surface area contributed by atoms with Crippen LogP contribution in [-0.4, -0.2) is 4.98 Å². The van der Waals surface area contributed by atoms with Crippen LogP contribution in [0.2, 0.25) is 0 Å². The van der Waals surface area contributed by atoms with E-state index in [0.29, 0.717) is 17.0 Å². The highest BCUT2D eigenvalue weighted by Crippen LogP contribution is 2.28. The molecule has 3 N–H and O–H groups in total. The molecule has 6 heteroatoms. The fourth-order valence-corrected chi connectivity index (χ4v) is 1.53. The van der Waals surface area contributed by atoms with Crippen molar-refractivity contribution in [3.63, 3.8) is 0 Å². The summed E-state index contributed by atoms with van der Waals surface area (Å²) < 4.78 is 25.5. The minimum Gasteiger partial charge on any atom is -0.630 e. The Labute approximate surface area is 102 Å². The van der Waals surface area contributed by atoms with Gasteiger partial charge in [0.2, 0.25) is 0 Å². The molecule has 0 saturated heterocycles. The number of anilines is 2. The highest BCUT2D eigenvalue weighted by Gasteiger charge is 2.12. The standard InChI is InChI=1S/C12H11F2N3O/c13-12(14)9-3-1-2-4-10(9)16-11-7-8(17-18)5-6-15-11/h1-7,12H,17H2,(H,15,16). The quantitative estimate of drug-likeness (QED) is 0.820. The molecule has 4 nitrogen and oxygen atoms in total. The van der Waals surface area contributed by atoms with E-state index in [-0.39, 0.29) is 11.3 Å². The summed E-state index contributed by atoms with van der Waals surface area (Å²) in [5.74, 6) is 0.354. The predicted molar refractivity (Wildman–Crippen MR) is 63.9 cm³/mol. The van der Waals surface area contributed by atoms with Gasteiger partial charge in [-0.15, -0.1) is 0 Å². The van der Waals surface area contributed by atoms with Crippen LogP contribution in [0.3, 0.4) is 0 Å². The first-order valence-corrected chi connectivity index (χ1v) is 5.26. The average molecular weight is 251 g/mol. The second-order valence-electron chi connectivity index (χ2n) is 3.61. The Morgan fingerprint density at radius 3 is 2.72 bits per heavy atom. The monoisotopic (exact) mass is 251 g/mol. The molecule has 0 saturated carbocycles. The van der Waals surface area contributed by atoms with Crippen molar-refractivity contribution in [2.24, 2.45) is 0 Å². The third-order valence-corrected chi connectivity index (χ3v) is 2.38. The Balaban J connectivity index is 2.28. The molecule has 18 heavy (non-hydrogen) atoms. The smallest absolute Gasteiger partial charge is 0.265 e. The van der Waals surface area contributed by atoms with E-state index >= 15 is 0 Å². The molecule has 2 rings (SSSR count). The molecule has 0 radical (unpaired) electrons. The van der Waals surface area contributed by atoms with Crippen molar-refractivity contribution >= 4 is 17.2 Å². The lowest BCUT2D eigenvalue weighted by atomic mass is 10.2. The van der Waals surface area contributed by atoms with Crippen molar-refractivity contribution < 1.29 is 14.3 Å². The summed E-state index contributed by atoms with van der Waals surface area (Å²) >= 11 is 0. The molecule has 1 heterocycles. The van der Waals surface area contributed by atoms with Crippen LogP contribution in [0, 0.1) is 5.21 Å². The van der Waals surface area contributed by atoms with Gasteiger partial charge in [0.1, 0.15) is 11.5 Å². The molecule has 2 aromatic rings. The fraction of sp³-hybridized carbons (Fsp3) is 0.0833. The van der Waals surface area contributed by atoms with Gasteiger partial charge in [0, 0.05) is 29.6 Å². The van der Waals surface area contributed by atoms with Crippen molar-refractivity contribution in [2.45, 2.75) is 6.43 Å². The van der Waals surface area contributed by atoms with Crippen LogP contribution in [0.1, 0.15) is 12.0 Å². The second kappa shape index (κ2) is 5.52. The van der Waals surface area contributed by atoms with Crippen molar-refractivity contribution in [2.75, 3.05) is 5.32 Å². The summed E-state index contributed by atoms with van der Waals surface area (Å²) in [5, 5.41) is 13.4. The maximum atomic E-state index is 12.8. The Bertz CT molecular complexity index is 534. The maximum absolute atomic E-state index is 12.8. The van der Waals surface area contributed by atoms with Crippen LogP contribution in [0.25, 0.3) is 0 Å². The number of benzene rings is 1. The van der Waals surface area contributed by atoms with Crippen LogP contribution >= 0.6 is 0 Å². The molecule has 94 valence electrons. The lowest BCUT2D eigenvalue weighted by Gasteiger charge is -2.11. The van der Waals surface area contributed by atoms with E-state index in [0.717, 1.165) is 0 Å². The summed E-state index contributed by atoms with van der Waals surface area (Å²) in [4.78, 5) is 3.97. The third-order valence-electron chi connectivity index (χ3n) is 2.38. The summed E-state index contributed by atoms with van der Waals surface area (Å²) in [5.41, 5.74) is 1.28. The number of pyridine rings is 1. The molecular weight excluding hydrogens is 240 g/mol. The van der Waals surface area contributed by atoms with Crippen molar-refractivity contribution in [1.82, 2.24) is 4.98 Å². The largest absolute Gasteiger partial charge is 0.630 e. The van der Waals surface area contributed by atoms with E-state index in [9.17, 15) is 14.0 Å². The SMILES string of the molecule is [O-][NH2+]c1ccnc(Nc2ccccc2C(F)F)c1. The number of para-hydroxylation sites is 1. The molecule has 0 spiro atoms. The Hall–Kier alpha value is -2.05. The first-order valence-electron chi connectivity index (χ1n) is 5.26. The van der Waals surface area contributed by atoms with Crippen LogP contribution in [0.15, 0.2) is 42.6 Å². The Morgan fingerprint density at radius 1 is 1.22 bits per heavy atom.